The van der Waals surface area contributed by atoms with E-state index in [0.717, 1.165) is 18.5 Å². The number of hydrogen-bond acceptors (Lipinski definition) is 3. The average Bonchev–Trinajstić information content (AvgIpc) is 2.93. The van der Waals surface area contributed by atoms with Gasteiger partial charge in [-0.25, -0.2) is 4.99 Å². The van der Waals surface area contributed by atoms with Crippen molar-refractivity contribution in [3.05, 3.63) is 34.5 Å². The van der Waals surface area contributed by atoms with Crippen molar-refractivity contribution in [2.24, 2.45) is 4.99 Å². The van der Waals surface area contributed by atoms with E-state index in [1.807, 2.05) is 13.0 Å². The fourth-order valence-electron chi connectivity index (χ4n) is 1.46. The van der Waals surface area contributed by atoms with Crippen molar-refractivity contribution < 1.29 is 4.79 Å². The number of thiophene rings is 1. The Bertz CT molecular complexity index is 480. The first-order valence-corrected chi connectivity index (χ1v) is 7.76. The van der Waals surface area contributed by atoms with Crippen LogP contribution >= 0.6 is 11.3 Å². The van der Waals surface area contributed by atoms with Gasteiger partial charge in [-0.05, 0) is 24.8 Å². The summed E-state index contributed by atoms with van der Waals surface area (Å²) >= 11 is 1.74. The van der Waals surface area contributed by atoms with Gasteiger partial charge in [-0.1, -0.05) is 18.2 Å². The summed E-state index contributed by atoms with van der Waals surface area (Å²) in [5.41, 5.74) is 1.02. The lowest BCUT2D eigenvalue weighted by Gasteiger charge is -2.13. The third-order valence-corrected chi connectivity index (χ3v) is 3.61. The van der Waals surface area contributed by atoms with Gasteiger partial charge in [-0.15, -0.1) is 11.3 Å². The summed E-state index contributed by atoms with van der Waals surface area (Å²) in [4.78, 5) is 18.8. The zero-order chi connectivity index (χ0) is 15.7. The maximum Gasteiger partial charge on any atom is 0.243 e. The Kier molecular flexibility index (Phi) is 7.53. The molecule has 0 radical (unpaired) electrons. The minimum absolute atomic E-state index is 0.0234. The normalized spacial score (nSPS) is 11.1. The van der Waals surface area contributed by atoms with Gasteiger partial charge in [0, 0.05) is 32.1 Å². The van der Waals surface area contributed by atoms with Crippen molar-refractivity contribution in [2.45, 2.75) is 13.3 Å². The van der Waals surface area contributed by atoms with Gasteiger partial charge in [0.05, 0.1) is 0 Å². The van der Waals surface area contributed by atoms with E-state index in [2.05, 4.69) is 33.7 Å². The van der Waals surface area contributed by atoms with Crippen molar-refractivity contribution in [3.63, 3.8) is 0 Å². The highest BCUT2D eigenvalue weighted by Crippen LogP contribution is 2.07. The summed E-state index contributed by atoms with van der Waals surface area (Å²) in [6.07, 6.45) is 0.938. The van der Waals surface area contributed by atoms with Gasteiger partial charge < -0.3 is 15.5 Å². The second-order valence-corrected chi connectivity index (χ2v) is 6.05. The van der Waals surface area contributed by atoms with Crippen molar-refractivity contribution >= 4 is 23.2 Å². The number of nitrogens with zero attached hydrogens (tertiary/aromatic N) is 2. The highest BCUT2D eigenvalue weighted by Gasteiger charge is 2.04. The van der Waals surface area contributed by atoms with Crippen LogP contribution in [0.4, 0.5) is 0 Å². The largest absolute Gasteiger partial charge is 0.356 e. The molecule has 1 aromatic rings. The molecule has 5 nitrogen and oxygen atoms in total. The van der Waals surface area contributed by atoms with Gasteiger partial charge in [0.1, 0.15) is 6.54 Å². The molecule has 21 heavy (non-hydrogen) atoms. The van der Waals surface area contributed by atoms with E-state index in [0.29, 0.717) is 12.5 Å². The number of rotatable bonds is 7. The quantitative estimate of drug-likeness (QED) is 0.456. The molecule has 6 heteroatoms. The van der Waals surface area contributed by atoms with E-state index in [1.165, 1.54) is 9.78 Å². The molecule has 2 N–H and O–H groups in total. The zero-order valence-electron chi connectivity index (χ0n) is 13.0. The number of aliphatic imine (C=N–C) groups is 1. The Balaban J connectivity index is 2.48. The molecular formula is C15H24N4OS. The van der Waals surface area contributed by atoms with Crippen LogP contribution in [0.25, 0.3) is 0 Å². The molecule has 0 aliphatic rings. The van der Waals surface area contributed by atoms with Gasteiger partial charge in [0.2, 0.25) is 5.91 Å². The molecular weight excluding hydrogens is 284 g/mol. The minimum atomic E-state index is -0.0234. The van der Waals surface area contributed by atoms with E-state index in [9.17, 15) is 4.79 Å². The number of hydrogen-bond donors (Lipinski definition) is 2. The Morgan fingerprint density at radius 1 is 1.43 bits per heavy atom. The summed E-state index contributed by atoms with van der Waals surface area (Å²) in [5.74, 6) is 0.620. The topological polar surface area (TPSA) is 56.7 Å². The van der Waals surface area contributed by atoms with Crippen molar-refractivity contribution in [3.8, 4) is 0 Å². The van der Waals surface area contributed by atoms with Gasteiger partial charge in [-0.3, -0.25) is 4.79 Å². The van der Waals surface area contributed by atoms with Crippen LogP contribution in [0.3, 0.4) is 0 Å². The molecule has 1 heterocycles. The van der Waals surface area contributed by atoms with E-state index < -0.39 is 0 Å². The number of likely N-dealkylation sites (N-methyl/N-ethyl adjacent to an activating group) is 1. The third kappa shape index (κ3) is 7.51. The predicted octanol–water partition coefficient (Wildman–Crippen LogP) is 1.49. The van der Waals surface area contributed by atoms with E-state index in [1.54, 1.807) is 25.4 Å². The van der Waals surface area contributed by atoms with Crippen LogP contribution in [0.2, 0.25) is 0 Å². The molecule has 0 saturated heterocycles. The Hall–Kier alpha value is -1.82. The number of carbonyl (C=O) groups is 1. The molecule has 1 amide bonds. The van der Waals surface area contributed by atoms with Crippen LogP contribution in [0.5, 0.6) is 0 Å². The molecule has 0 unspecified atom stereocenters. The number of carbonyl (C=O) groups excluding carboxylic acids is 1. The highest BCUT2D eigenvalue weighted by atomic mass is 32.1. The first kappa shape index (κ1) is 17.2. The zero-order valence-corrected chi connectivity index (χ0v) is 13.8. The van der Waals surface area contributed by atoms with Crippen LogP contribution in [0, 0.1) is 0 Å². The second-order valence-electron chi connectivity index (χ2n) is 5.02. The molecule has 0 aliphatic carbocycles. The van der Waals surface area contributed by atoms with Crippen molar-refractivity contribution in [2.75, 3.05) is 33.7 Å². The smallest absolute Gasteiger partial charge is 0.243 e. The maximum absolute atomic E-state index is 11.6. The van der Waals surface area contributed by atoms with Crippen LogP contribution in [0.15, 0.2) is 34.7 Å². The Labute approximate surface area is 130 Å². The predicted molar refractivity (Wildman–Crippen MR) is 89.8 cm³/mol. The van der Waals surface area contributed by atoms with Crippen LogP contribution in [0.1, 0.15) is 11.8 Å². The van der Waals surface area contributed by atoms with Gasteiger partial charge in [0.15, 0.2) is 5.96 Å². The first-order chi connectivity index (χ1) is 9.99. The van der Waals surface area contributed by atoms with E-state index in [-0.39, 0.29) is 12.5 Å². The first-order valence-electron chi connectivity index (χ1n) is 6.88. The number of amides is 1. The molecule has 1 aromatic heterocycles. The van der Waals surface area contributed by atoms with Crippen LogP contribution in [-0.4, -0.2) is 50.5 Å². The molecule has 116 valence electrons. The van der Waals surface area contributed by atoms with Gasteiger partial charge >= 0.3 is 0 Å². The number of nitrogens with one attached hydrogen (secondary N) is 2. The lowest BCUT2D eigenvalue weighted by atomic mass is 10.3. The Morgan fingerprint density at radius 3 is 2.76 bits per heavy atom. The maximum atomic E-state index is 11.6. The van der Waals surface area contributed by atoms with E-state index >= 15 is 0 Å². The molecule has 0 aliphatic heterocycles. The summed E-state index contributed by atoms with van der Waals surface area (Å²) in [6.45, 7) is 7.35. The lowest BCUT2D eigenvalue weighted by Crippen LogP contribution is -2.40. The summed E-state index contributed by atoms with van der Waals surface area (Å²) in [7, 11) is 3.45. The summed E-state index contributed by atoms with van der Waals surface area (Å²) < 4.78 is 0. The molecule has 0 spiro atoms. The number of guanidine groups is 1. The average molecular weight is 308 g/mol. The van der Waals surface area contributed by atoms with E-state index in [4.69, 9.17) is 0 Å². The SMILES string of the molecule is C=C(C)CNC(=NCC(=O)N(C)C)NCCc1cccs1. The molecule has 0 bridgehead atoms. The van der Waals surface area contributed by atoms with Crippen molar-refractivity contribution in [1.82, 2.24) is 15.5 Å². The molecule has 1 rings (SSSR count). The Morgan fingerprint density at radius 2 is 2.19 bits per heavy atom. The van der Waals surface area contributed by atoms with Crippen LogP contribution < -0.4 is 10.6 Å². The van der Waals surface area contributed by atoms with Gasteiger partial charge in [-0.2, -0.15) is 0 Å². The molecule has 0 saturated carbocycles. The molecule has 0 atom stereocenters. The minimum Gasteiger partial charge on any atom is -0.356 e. The van der Waals surface area contributed by atoms with Crippen LogP contribution in [-0.2, 0) is 11.2 Å². The highest BCUT2D eigenvalue weighted by molar-refractivity contribution is 7.09. The standard InChI is InChI=1S/C15H24N4OS/c1-12(2)10-17-15(18-11-14(20)19(3)4)16-8-7-13-6-5-9-21-13/h5-6,9H,1,7-8,10-11H2,2-4H3,(H2,16,17,18). The molecule has 0 aromatic carbocycles. The lowest BCUT2D eigenvalue weighted by molar-refractivity contribution is -0.127. The summed E-state index contributed by atoms with van der Waals surface area (Å²) in [6, 6.07) is 4.16. The molecule has 0 fully saturated rings. The fraction of sp³-hybridized carbons (Fsp3) is 0.467. The second kappa shape index (κ2) is 9.18. The summed E-state index contributed by atoms with van der Waals surface area (Å²) in [5, 5.41) is 8.48. The monoisotopic (exact) mass is 308 g/mol. The van der Waals surface area contributed by atoms with Crippen molar-refractivity contribution in [1.29, 1.82) is 0 Å². The van der Waals surface area contributed by atoms with Gasteiger partial charge in [0.25, 0.3) is 0 Å². The fourth-order valence-corrected chi connectivity index (χ4v) is 2.16. The third-order valence-electron chi connectivity index (χ3n) is 2.67.